The molecule has 0 atom stereocenters. The number of anilines is 1. The lowest BCUT2D eigenvalue weighted by molar-refractivity contribution is 0.414. The zero-order chi connectivity index (χ0) is 8.10. The Morgan fingerprint density at radius 2 is 2.45 bits per heavy atom. The average molecular weight is 152 g/mol. The molecule has 0 unspecified atom stereocenters. The van der Waals surface area contributed by atoms with Gasteiger partial charge in [0.1, 0.15) is 11.6 Å². The molecule has 60 valence electrons. The number of ether oxygens (including phenoxy) is 1. The van der Waals surface area contributed by atoms with E-state index in [1.165, 1.54) is 0 Å². The molecule has 3 heteroatoms. The third-order valence-corrected chi connectivity index (χ3v) is 1.32. The van der Waals surface area contributed by atoms with E-state index in [4.69, 9.17) is 4.74 Å². The van der Waals surface area contributed by atoms with Gasteiger partial charge in [-0.2, -0.15) is 0 Å². The number of nitrogens with one attached hydrogen (secondary N) is 1. The van der Waals surface area contributed by atoms with Crippen molar-refractivity contribution in [2.75, 3.05) is 19.0 Å². The van der Waals surface area contributed by atoms with Gasteiger partial charge in [0.25, 0.3) is 0 Å². The Kier molecular flexibility index (Phi) is 2.72. The fourth-order valence-corrected chi connectivity index (χ4v) is 0.816. The molecule has 0 fully saturated rings. The van der Waals surface area contributed by atoms with Crippen LogP contribution in [-0.2, 0) is 0 Å². The number of hydrogen-bond acceptors (Lipinski definition) is 3. The third-order valence-electron chi connectivity index (χ3n) is 1.32. The van der Waals surface area contributed by atoms with Gasteiger partial charge < -0.3 is 10.1 Å². The molecule has 0 aliphatic carbocycles. The molecule has 0 amide bonds. The summed E-state index contributed by atoms with van der Waals surface area (Å²) in [6.45, 7) is 2.90. The Bertz CT molecular complexity index is 225. The van der Waals surface area contributed by atoms with Crippen LogP contribution in [0.3, 0.4) is 0 Å². The molecule has 1 rings (SSSR count). The summed E-state index contributed by atoms with van der Waals surface area (Å²) in [5.74, 6) is 1.68. The van der Waals surface area contributed by atoms with Crippen LogP contribution < -0.4 is 10.1 Å². The van der Waals surface area contributed by atoms with E-state index >= 15 is 0 Å². The molecule has 0 saturated carbocycles. The maximum Gasteiger partial charge on any atom is 0.129 e. The van der Waals surface area contributed by atoms with Crippen LogP contribution in [0.1, 0.15) is 6.92 Å². The van der Waals surface area contributed by atoms with E-state index in [9.17, 15) is 0 Å². The number of hydrogen-bond donors (Lipinski definition) is 1. The minimum Gasteiger partial charge on any atom is -0.497 e. The monoisotopic (exact) mass is 152 g/mol. The summed E-state index contributed by atoms with van der Waals surface area (Å²) in [6, 6.07) is 3.68. The lowest BCUT2D eigenvalue weighted by Crippen LogP contribution is -1.98. The number of aromatic nitrogens is 1. The molecule has 1 aromatic heterocycles. The molecule has 0 bridgehead atoms. The molecule has 0 aromatic carbocycles. The number of rotatable bonds is 3. The molecular formula is C8H12N2O. The lowest BCUT2D eigenvalue weighted by atomic mass is 10.4. The van der Waals surface area contributed by atoms with Gasteiger partial charge in [0, 0.05) is 18.8 Å². The summed E-state index contributed by atoms with van der Waals surface area (Å²) in [4.78, 5) is 4.09. The predicted octanol–water partition coefficient (Wildman–Crippen LogP) is 1.52. The van der Waals surface area contributed by atoms with Crippen molar-refractivity contribution < 1.29 is 4.74 Å². The van der Waals surface area contributed by atoms with Gasteiger partial charge in [-0.1, -0.05) is 0 Å². The summed E-state index contributed by atoms with van der Waals surface area (Å²) >= 11 is 0. The van der Waals surface area contributed by atoms with E-state index in [0.29, 0.717) is 0 Å². The highest BCUT2D eigenvalue weighted by molar-refractivity contribution is 5.40. The molecular weight excluding hydrogens is 140 g/mol. The van der Waals surface area contributed by atoms with Crippen LogP contribution in [-0.4, -0.2) is 18.6 Å². The van der Waals surface area contributed by atoms with Gasteiger partial charge in [0.2, 0.25) is 0 Å². The second-order valence-corrected chi connectivity index (χ2v) is 2.11. The van der Waals surface area contributed by atoms with Gasteiger partial charge in [-0.25, -0.2) is 4.98 Å². The van der Waals surface area contributed by atoms with E-state index in [1.54, 1.807) is 13.3 Å². The highest BCUT2D eigenvalue weighted by Crippen LogP contribution is 2.12. The van der Waals surface area contributed by atoms with Crippen molar-refractivity contribution in [1.29, 1.82) is 0 Å². The molecule has 1 N–H and O–H groups in total. The molecule has 0 spiro atoms. The van der Waals surface area contributed by atoms with E-state index < -0.39 is 0 Å². The van der Waals surface area contributed by atoms with E-state index in [1.807, 2.05) is 19.1 Å². The van der Waals surface area contributed by atoms with E-state index in [0.717, 1.165) is 18.1 Å². The molecule has 0 aliphatic rings. The molecule has 3 nitrogen and oxygen atoms in total. The minimum absolute atomic E-state index is 0.830. The van der Waals surface area contributed by atoms with Crippen LogP contribution in [0.25, 0.3) is 0 Å². The van der Waals surface area contributed by atoms with E-state index in [-0.39, 0.29) is 0 Å². The predicted molar refractivity (Wildman–Crippen MR) is 45.0 cm³/mol. The van der Waals surface area contributed by atoms with Crippen LogP contribution in [0.15, 0.2) is 18.3 Å². The fourth-order valence-electron chi connectivity index (χ4n) is 0.816. The molecule has 1 heterocycles. The van der Waals surface area contributed by atoms with Gasteiger partial charge in [-0.05, 0) is 13.0 Å². The second kappa shape index (κ2) is 3.81. The van der Waals surface area contributed by atoms with Crippen LogP contribution in [0.5, 0.6) is 5.75 Å². The van der Waals surface area contributed by atoms with Crippen molar-refractivity contribution >= 4 is 5.82 Å². The van der Waals surface area contributed by atoms with Crippen molar-refractivity contribution in [2.24, 2.45) is 0 Å². The Hall–Kier alpha value is -1.25. The quantitative estimate of drug-likeness (QED) is 0.713. The first-order valence-corrected chi connectivity index (χ1v) is 3.60. The lowest BCUT2D eigenvalue weighted by Gasteiger charge is -2.03. The van der Waals surface area contributed by atoms with Gasteiger partial charge in [-0.15, -0.1) is 0 Å². The van der Waals surface area contributed by atoms with Crippen LogP contribution in [0.4, 0.5) is 5.82 Å². The first kappa shape index (κ1) is 7.85. The topological polar surface area (TPSA) is 34.1 Å². The van der Waals surface area contributed by atoms with Crippen LogP contribution in [0.2, 0.25) is 0 Å². The van der Waals surface area contributed by atoms with Gasteiger partial charge in [0.15, 0.2) is 0 Å². The largest absolute Gasteiger partial charge is 0.497 e. The molecule has 0 radical (unpaired) electrons. The Morgan fingerprint density at radius 3 is 3.09 bits per heavy atom. The van der Waals surface area contributed by atoms with Crippen molar-refractivity contribution in [2.45, 2.75) is 6.92 Å². The first-order valence-electron chi connectivity index (χ1n) is 3.60. The number of methoxy groups -OCH3 is 1. The fraction of sp³-hybridized carbons (Fsp3) is 0.375. The van der Waals surface area contributed by atoms with E-state index in [2.05, 4.69) is 10.3 Å². The molecule has 11 heavy (non-hydrogen) atoms. The highest BCUT2D eigenvalue weighted by Gasteiger charge is 1.92. The standard InChI is InChI=1S/C8H12N2O/c1-3-9-8-6-7(11-2)4-5-10-8/h4-6H,3H2,1-2H3,(H,9,10). The van der Waals surface area contributed by atoms with Crippen molar-refractivity contribution in [3.8, 4) is 5.75 Å². The van der Waals surface area contributed by atoms with Crippen molar-refractivity contribution in [3.63, 3.8) is 0 Å². The molecule has 0 saturated heterocycles. The summed E-state index contributed by atoms with van der Waals surface area (Å²) in [7, 11) is 1.64. The van der Waals surface area contributed by atoms with Crippen molar-refractivity contribution in [3.05, 3.63) is 18.3 Å². The Labute approximate surface area is 66.4 Å². The van der Waals surface area contributed by atoms with Gasteiger partial charge in [-0.3, -0.25) is 0 Å². The summed E-state index contributed by atoms with van der Waals surface area (Å²) < 4.78 is 5.02. The Morgan fingerprint density at radius 1 is 1.64 bits per heavy atom. The molecule has 0 aliphatic heterocycles. The molecule has 1 aromatic rings. The Balaban J connectivity index is 2.74. The minimum atomic E-state index is 0.830. The summed E-state index contributed by atoms with van der Waals surface area (Å²) in [5.41, 5.74) is 0. The average Bonchev–Trinajstić information content (AvgIpc) is 2.06. The normalized spacial score (nSPS) is 9.27. The smallest absolute Gasteiger partial charge is 0.129 e. The highest BCUT2D eigenvalue weighted by atomic mass is 16.5. The third kappa shape index (κ3) is 2.11. The number of nitrogens with zero attached hydrogens (tertiary/aromatic N) is 1. The van der Waals surface area contributed by atoms with Crippen LogP contribution >= 0.6 is 0 Å². The number of pyridine rings is 1. The van der Waals surface area contributed by atoms with Gasteiger partial charge >= 0.3 is 0 Å². The second-order valence-electron chi connectivity index (χ2n) is 2.11. The van der Waals surface area contributed by atoms with Crippen LogP contribution in [0, 0.1) is 0 Å². The zero-order valence-electron chi connectivity index (χ0n) is 6.79. The first-order chi connectivity index (χ1) is 5.36. The SMILES string of the molecule is CCNc1cc(OC)ccn1. The summed E-state index contributed by atoms with van der Waals surface area (Å²) in [6.07, 6.45) is 1.72. The maximum absolute atomic E-state index is 5.02. The maximum atomic E-state index is 5.02. The summed E-state index contributed by atoms with van der Waals surface area (Å²) in [5, 5.41) is 3.09. The zero-order valence-corrected chi connectivity index (χ0v) is 6.79. The van der Waals surface area contributed by atoms with Gasteiger partial charge in [0.05, 0.1) is 7.11 Å². The van der Waals surface area contributed by atoms with Crippen molar-refractivity contribution in [1.82, 2.24) is 4.98 Å².